The first kappa shape index (κ1) is 15.6. The van der Waals surface area contributed by atoms with E-state index in [1.807, 2.05) is 59.1 Å². The molecule has 0 bridgehead atoms. The SMILES string of the molecule is O=[N+]([O-])c1ccc(-c2nc3ccccn3c2N=Nc2ccccc2)cc1. The van der Waals surface area contributed by atoms with Gasteiger partial charge in [-0.15, -0.1) is 10.2 Å². The third-order valence-corrected chi connectivity index (χ3v) is 3.87. The fourth-order valence-corrected chi connectivity index (χ4v) is 2.61. The molecule has 0 radical (unpaired) electrons. The maximum Gasteiger partial charge on any atom is 0.269 e. The molecule has 2 aromatic heterocycles. The highest BCUT2D eigenvalue weighted by Gasteiger charge is 2.15. The second-order valence-electron chi connectivity index (χ2n) is 5.55. The number of aromatic nitrogens is 2. The summed E-state index contributed by atoms with van der Waals surface area (Å²) < 4.78 is 1.84. The Labute approximate surface area is 148 Å². The highest BCUT2D eigenvalue weighted by Crippen LogP contribution is 2.33. The highest BCUT2D eigenvalue weighted by molar-refractivity contribution is 5.75. The van der Waals surface area contributed by atoms with Gasteiger partial charge >= 0.3 is 0 Å². The molecule has 0 spiro atoms. The van der Waals surface area contributed by atoms with Gasteiger partial charge in [0.05, 0.1) is 10.6 Å². The Balaban J connectivity index is 1.84. The lowest BCUT2D eigenvalue weighted by atomic mass is 10.1. The highest BCUT2D eigenvalue weighted by atomic mass is 16.6. The van der Waals surface area contributed by atoms with Crippen LogP contribution in [0.1, 0.15) is 0 Å². The number of hydrogen-bond donors (Lipinski definition) is 0. The van der Waals surface area contributed by atoms with E-state index in [0.717, 1.165) is 16.9 Å². The van der Waals surface area contributed by atoms with Crippen LogP contribution in [-0.2, 0) is 0 Å². The van der Waals surface area contributed by atoms with Crippen molar-refractivity contribution in [2.75, 3.05) is 0 Å². The standard InChI is InChI=1S/C19H13N5O2/c25-24(26)16-11-9-14(10-12-16)18-19(22-21-15-6-2-1-3-7-15)23-13-5-4-8-17(23)20-18/h1-13H. The van der Waals surface area contributed by atoms with Crippen LogP contribution in [-0.4, -0.2) is 14.3 Å². The number of pyridine rings is 1. The Hall–Kier alpha value is -3.87. The second kappa shape index (κ2) is 6.56. The third-order valence-electron chi connectivity index (χ3n) is 3.87. The lowest BCUT2D eigenvalue weighted by Gasteiger charge is -2.00. The molecule has 7 heteroatoms. The summed E-state index contributed by atoms with van der Waals surface area (Å²) in [6.45, 7) is 0. The van der Waals surface area contributed by atoms with Gasteiger partial charge < -0.3 is 0 Å². The van der Waals surface area contributed by atoms with Gasteiger partial charge in [0.25, 0.3) is 5.69 Å². The molecular formula is C19H13N5O2. The Morgan fingerprint density at radius 3 is 2.35 bits per heavy atom. The summed E-state index contributed by atoms with van der Waals surface area (Å²) in [5.41, 5.74) is 2.84. The first-order chi connectivity index (χ1) is 12.7. The van der Waals surface area contributed by atoms with Gasteiger partial charge in [0, 0.05) is 23.9 Å². The predicted molar refractivity (Wildman–Crippen MR) is 97.9 cm³/mol. The first-order valence-corrected chi connectivity index (χ1v) is 7.91. The number of nitro groups is 1. The summed E-state index contributed by atoms with van der Waals surface area (Å²) in [6, 6.07) is 21.3. The fraction of sp³-hybridized carbons (Fsp3) is 0. The summed E-state index contributed by atoms with van der Waals surface area (Å²) in [6.07, 6.45) is 1.86. The van der Waals surface area contributed by atoms with Gasteiger partial charge in [-0.1, -0.05) is 24.3 Å². The normalized spacial score (nSPS) is 11.2. The molecule has 26 heavy (non-hydrogen) atoms. The fourth-order valence-electron chi connectivity index (χ4n) is 2.61. The maximum atomic E-state index is 10.9. The van der Waals surface area contributed by atoms with Crippen LogP contribution in [0.15, 0.2) is 89.2 Å². The van der Waals surface area contributed by atoms with Crippen molar-refractivity contribution in [3.05, 3.63) is 89.1 Å². The molecule has 4 aromatic rings. The van der Waals surface area contributed by atoms with Gasteiger partial charge in [-0.25, -0.2) is 4.98 Å². The molecule has 0 saturated heterocycles. The largest absolute Gasteiger partial charge is 0.283 e. The van der Waals surface area contributed by atoms with Crippen molar-refractivity contribution >= 4 is 22.8 Å². The number of fused-ring (bicyclic) bond motifs is 1. The lowest BCUT2D eigenvalue weighted by Crippen LogP contribution is -1.87. The molecular weight excluding hydrogens is 330 g/mol. The van der Waals surface area contributed by atoms with E-state index in [1.165, 1.54) is 12.1 Å². The zero-order chi connectivity index (χ0) is 17.9. The molecule has 7 nitrogen and oxygen atoms in total. The van der Waals surface area contributed by atoms with Crippen molar-refractivity contribution in [3.63, 3.8) is 0 Å². The maximum absolute atomic E-state index is 10.9. The Kier molecular flexibility index (Phi) is 3.95. The second-order valence-corrected chi connectivity index (χ2v) is 5.55. The van der Waals surface area contributed by atoms with Crippen molar-refractivity contribution in [2.24, 2.45) is 10.2 Å². The molecule has 0 aliphatic rings. The van der Waals surface area contributed by atoms with E-state index in [4.69, 9.17) is 0 Å². The molecule has 0 aliphatic carbocycles. The summed E-state index contributed by atoms with van der Waals surface area (Å²) >= 11 is 0. The van der Waals surface area contributed by atoms with Crippen molar-refractivity contribution in [3.8, 4) is 11.3 Å². The minimum absolute atomic E-state index is 0.0324. The third kappa shape index (κ3) is 2.93. The van der Waals surface area contributed by atoms with Crippen molar-refractivity contribution < 1.29 is 4.92 Å². The smallest absolute Gasteiger partial charge is 0.269 e. The van der Waals surface area contributed by atoms with Gasteiger partial charge in [0.1, 0.15) is 11.3 Å². The first-order valence-electron chi connectivity index (χ1n) is 7.91. The van der Waals surface area contributed by atoms with Gasteiger partial charge in [0.15, 0.2) is 5.82 Å². The Bertz CT molecular complexity index is 1100. The van der Waals surface area contributed by atoms with Crippen LogP contribution < -0.4 is 0 Å². The molecule has 0 amide bonds. The summed E-state index contributed by atoms with van der Waals surface area (Å²) in [7, 11) is 0. The summed E-state index contributed by atoms with van der Waals surface area (Å²) in [5.74, 6) is 0.568. The molecule has 0 N–H and O–H groups in total. The molecule has 0 unspecified atom stereocenters. The minimum atomic E-state index is -0.427. The van der Waals surface area contributed by atoms with Crippen LogP contribution in [0.5, 0.6) is 0 Å². The number of hydrogen-bond acceptors (Lipinski definition) is 5. The zero-order valence-electron chi connectivity index (χ0n) is 13.6. The van der Waals surface area contributed by atoms with Gasteiger partial charge in [0.2, 0.25) is 0 Å². The van der Waals surface area contributed by atoms with Crippen LogP contribution in [0.3, 0.4) is 0 Å². The molecule has 0 fully saturated rings. The predicted octanol–water partition coefficient (Wildman–Crippen LogP) is 5.32. The number of nitro benzene ring substituents is 1. The van der Waals surface area contributed by atoms with Crippen molar-refractivity contribution in [1.29, 1.82) is 0 Å². The molecule has 0 aliphatic heterocycles. The average molecular weight is 343 g/mol. The van der Waals surface area contributed by atoms with E-state index in [0.29, 0.717) is 11.5 Å². The van der Waals surface area contributed by atoms with Crippen LogP contribution in [0.4, 0.5) is 17.2 Å². The molecule has 4 rings (SSSR count). The number of azo groups is 1. The number of imidazole rings is 1. The van der Waals surface area contributed by atoms with Crippen LogP contribution >= 0.6 is 0 Å². The number of nitrogens with zero attached hydrogens (tertiary/aromatic N) is 5. The monoisotopic (exact) mass is 343 g/mol. The molecule has 2 aromatic carbocycles. The minimum Gasteiger partial charge on any atom is -0.283 e. The molecule has 0 atom stereocenters. The van der Waals surface area contributed by atoms with Gasteiger partial charge in [-0.3, -0.25) is 14.5 Å². The lowest BCUT2D eigenvalue weighted by molar-refractivity contribution is -0.384. The van der Waals surface area contributed by atoms with E-state index in [-0.39, 0.29) is 5.69 Å². The van der Waals surface area contributed by atoms with Crippen molar-refractivity contribution in [2.45, 2.75) is 0 Å². The molecule has 126 valence electrons. The topological polar surface area (TPSA) is 85.2 Å². The van der Waals surface area contributed by atoms with Gasteiger partial charge in [-0.2, -0.15) is 0 Å². The van der Waals surface area contributed by atoms with Crippen molar-refractivity contribution in [1.82, 2.24) is 9.38 Å². The zero-order valence-corrected chi connectivity index (χ0v) is 13.6. The Morgan fingerprint density at radius 1 is 0.885 bits per heavy atom. The number of non-ortho nitro benzene ring substituents is 1. The van der Waals surface area contributed by atoms with E-state index in [9.17, 15) is 10.1 Å². The van der Waals surface area contributed by atoms with Crippen LogP contribution in [0.2, 0.25) is 0 Å². The summed E-state index contributed by atoms with van der Waals surface area (Å²) in [5, 5.41) is 19.5. The van der Waals surface area contributed by atoms with E-state index in [1.54, 1.807) is 12.1 Å². The molecule has 2 heterocycles. The average Bonchev–Trinajstić information content (AvgIpc) is 3.06. The van der Waals surface area contributed by atoms with E-state index >= 15 is 0 Å². The van der Waals surface area contributed by atoms with Crippen LogP contribution in [0.25, 0.3) is 16.9 Å². The number of rotatable bonds is 4. The van der Waals surface area contributed by atoms with Gasteiger partial charge in [-0.05, 0) is 36.4 Å². The summed E-state index contributed by atoms with van der Waals surface area (Å²) in [4.78, 5) is 15.1. The quantitative estimate of drug-likeness (QED) is 0.285. The Morgan fingerprint density at radius 2 is 1.62 bits per heavy atom. The number of benzene rings is 2. The van der Waals surface area contributed by atoms with E-state index in [2.05, 4.69) is 15.2 Å². The van der Waals surface area contributed by atoms with Crippen LogP contribution in [0, 0.1) is 10.1 Å². The van der Waals surface area contributed by atoms with E-state index < -0.39 is 4.92 Å². The molecule has 0 saturated carbocycles.